The molecule has 1 fully saturated rings. The van der Waals surface area contributed by atoms with Gasteiger partial charge in [-0.25, -0.2) is 4.57 Å². The van der Waals surface area contributed by atoms with Gasteiger partial charge >= 0.3 is 19.8 Å². The normalized spacial score (nSPS) is 22.8. The molecule has 0 saturated heterocycles. The molecule has 14 heteroatoms. The van der Waals surface area contributed by atoms with Crippen LogP contribution in [0.5, 0.6) is 0 Å². The molecule has 1 aliphatic carbocycles. The number of hydrogen-bond acceptors (Lipinski definition) is 12. The van der Waals surface area contributed by atoms with Gasteiger partial charge in [0, 0.05) is 12.8 Å². The van der Waals surface area contributed by atoms with E-state index in [0.29, 0.717) is 12.8 Å². The first-order chi connectivity index (χ1) is 27.9. The summed E-state index contributed by atoms with van der Waals surface area (Å²) in [6, 6.07) is 0. The van der Waals surface area contributed by atoms with E-state index in [2.05, 4.69) is 50.3 Å². The second-order valence-corrected chi connectivity index (χ2v) is 16.9. The number of phosphoric acid groups is 1. The summed E-state index contributed by atoms with van der Waals surface area (Å²) >= 11 is 0. The van der Waals surface area contributed by atoms with Crippen LogP contribution in [-0.2, 0) is 32.7 Å². The van der Waals surface area contributed by atoms with Gasteiger partial charge in [-0.15, -0.1) is 0 Å². The molecule has 1 saturated carbocycles. The Bertz CT molecular complexity index is 1160. The van der Waals surface area contributed by atoms with Crippen molar-refractivity contribution in [2.45, 2.75) is 217 Å². The van der Waals surface area contributed by atoms with Crippen LogP contribution in [-0.4, -0.2) is 98.3 Å². The molecule has 6 unspecified atom stereocenters. The largest absolute Gasteiger partial charge is 0.472 e. The summed E-state index contributed by atoms with van der Waals surface area (Å²) in [5.41, 5.74) is 0. The number of rotatable bonds is 36. The zero-order valence-corrected chi connectivity index (χ0v) is 36.5. The van der Waals surface area contributed by atoms with Gasteiger partial charge < -0.3 is 39.9 Å². The van der Waals surface area contributed by atoms with Crippen LogP contribution in [0.1, 0.15) is 174 Å². The van der Waals surface area contributed by atoms with Crippen LogP contribution in [0.25, 0.3) is 0 Å². The quantitative estimate of drug-likeness (QED) is 0.0152. The number of allylic oxidation sites excluding steroid dienone is 6. The molecular weight excluding hydrogens is 767 g/mol. The topological polar surface area (TPSA) is 210 Å². The fourth-order valence-corrected chi connectivity index (χ4v) is 7.51. The third kappa shape index (κ3) is 27.0. The lowest BCUT2D eigenvalue weighted by atomic mass is 9.85. The van der Waals surface area contributed by atoms with E-state index < -0.39 is 75.7 Å². The zero-order valence-electron chi connectivity index (χ0n) is 35.6. The standard InChI is InChI=1S/C44H79O13P/c1-3-5-7-9-11-13-15-17-19-21-23-25-27-29-31-33-38(46)56-36(35-55-58(52,53)57-44-42(50)40(48)39(47)41(49)43(44)51)34-54-37(45)32-30-28-26-24-22-20-18-16-14-12-10-8-6-4-2/h10,12,16-19,36,39-44,47-51H,3-9,11,13-15,20-35H2,1-2H3,(H,52,53)/b12-10-,18-16-,19-17-/t36-,39?,40-,41?,42?,43?,44?/m1/s1. The summed E-state index contributed by atoms with van der Waals surface area (Å²) in [4.78, 5) is 35.6. The van der Waals surface area contributed by atoms with Gasteiger partial charge in [-0.3, -0.25) is 18.6 Å². The zero-order chi connectivity index (χ0) is 42.9. The van der Waals surface area contributed by atoms with Gasteiger partial charge in [-0.05, 0) is 64.2 Å². The smallest absolute Gasteiger partial charge is 0.462 e. The molecule has 0 aromatic carbocycles. The summed E-state index contributed by atoms with van der Waals surface area (Å²) < 4.78 is 33.5. The van der Waals surface area contributed by atoms with Gasteiger partial charge in [-0.2, -0.15) is 0 Å². The Kier molecular flexibility index (Phi) is 32.4. The van der Waals surface area contributed by atoms with Crippen molar-refractivity contribution in [3.8, 4) is 0 Å². The summed E-state index contributed by atoms with van der Waals surface area (Å²) in [6.45, 7) is 3.22. The minimum Gasteiger partial charge on any atom is -0.462 e. The lowest BCUT2D eigenvalue weighted by Gasteiger charge is -2.41. The van der Waals surface area contributed by atoms with Crippen LogP contribution in [0.15, 0.2) is 36.5 Å². The highest BCUT2D eigenvalue weighted by Gasteiger charge is 2.51. The molecule has 13 nitrogen and oxygen atoms in total. The van der Waals surface area contributed by atoms with E-state index in [-0.39, 0.29) is 12.8 Å². The number of phosphoric ester groups is 1. The molecule has 338 valence electrons. The number of esters is 2. The fraction of sp³-hybridized carbons (Fsp3) is 0.818. The Labute approximate surface area is 348 Å². The van der Waals surface area contributed by atoms with E-state index in [1.54, 1.807) is 0 Å². The lowest BCUT2D eigenvalue weighted by Crippen LogP contribution is -2.64. The predicted octanol–water partition coefficient (Wildman–Crippen LogP) is 8.22. The molecule has 0 spiro atoms. The Morgan fingerprint density at radius 1 is 0.534 bits per heavy atom. The molecule has 0 radical (unpaired) electrons. The van der Waals surface area contributed by atoms with Crippen LogP contribution in [0.3, 0.4) is 0 Å². The molecule has 0 heterocycles. The summed E-state index contributed by atoms with van der Waals surface area (Å²) in [7, 11) is -5.12. The molecule has 0 bridgehead atoms. The summed E-state index contributed by atoms with van der Waals surface area (Å²) in [6.07, 6.45) is 24.8. The van der Waals surface area contributed by atoms with Gasteiger partial charge in [0.2, 0.25) is 0 Å². The first-order valence-corrected chi connectivity index (χ1v) is 23.8. The van der Waals surface area contributed by atoms with Crippen molar-refractivity contribution < 1.29 is 63.1 Å². The Morgan fingerprint density at radius 2 is 0.948 bits per heavy atom. The molecule has 0 aliphatic heterocycles. The molecular formula is C44H79O13P. The molecule has 0 aromatic rings. The van der Waals surface area contributed by atoms with E-state index in [0.717, 1.165) is 83.5 Å². The summed E-state index contributed by atoms with van der Waals surface area (Å²) in [5.74, 6) is -1.13. The highest BCUT2D eigenvalue weighted by Crippen LogP contribution is 2.47. The maximum atomic E-state index is 12.8. The van der Waals surface area contributed by atoms with Crippen molar-refractivity contribution in [3.63, 3.8) is 0 Å². The third-order valence-electron chi connectivity index (χ3n) is 10.2. The fourth-order valence-electron chi connectivity index (χ4n) is 6.53. The number of ether oxygens (including phenoxy) is 2. The number of unbranched alkanes of at least 4 members (excludes halogenated alkanes) is 18. The Balaban J connectivity index is 2.50. The summed E-state index contributed by atoms with van der Waals surface area (Å²) in [5, 5.41) is 50.1. The van der Waals surface area contributed by atoms with E-state index >= 15 is 0 Å². The molecule has 0 aromatic heterocycles. The predicted molar refractivity (Wildman–Crippen MR) is 226 cm³/mol. The SMILES string of the molecule is CCCC/C=C\C/C=C\CCCCCCCC(=O)OC[C@H](COP(=O)(O)OC1C(O)C(O)C(O)[C@@H](O)C1O)OC(=O)CCCCCCC/C=C\CCCCCCCC. The van der Waals surface area contributed by atoms with Gasteiger partial charge in [0.15, 0.2) is 6.10 Å². The molecule has 1 rings (SSSR count). The van der Waals surface area contributed by atoms with E-state index in [4.69, 9.17) is 18.5 Å². The number of hydrogen-bond donors (Lipinski definition) is 6. The van der Waals surface area contributed by atoms with Gasteiger partial charge in [0.1, 0.15) is 43.2 Å². The van der Waals surface area contributed by atoms with Crippen molar-refractivity contribution in [3.05, 3.63) is 36.5 Å². The van der Waals surface area contributed by atoms with Crippen LogP contribution in [0.4, 0.5) is 0 Å². The third-order valence-corrected chi connectivity index (χ3v) is 11.2. The second-order valence-electron chi connectivity index (χ2n) is 15.5. The number of aliphatic hydroxyl groups is 5. The highest BCUT2D eigenvalue weighted by atomic mass is 31.2. The average molecular weight is 847 g/mol. The van der Waals surface area contributed by atoms with Crippen LogP contribution in [0.2, 0.25) is 0 Å². The molecule has 1 aliphatic rings. The lowest BCUT2D eigenvalue weighted by molar-refractivity contribution is -0.220. The first-order valence-electron chi connectivity index (χ1n) is 22.3. The van der Waals surface area contributed by atoms with Crippen LogP contribution < -0.4 is 0 Å². The van der Waals surface area contributed by atoms with Crippen molar-refractivity contribution in [1.82, 2.24) is 0 Å². The number of aliphatic hydroxyl groups excluding tert-OH is 5. The van der Waals surface area contributed by atoms with Crippen molar-refractivity contribution in [2.24, 2.45) is 0 Å². The molecule has 0 amide bonds. The minimum atomic E-state index is -5.12. The van der Waals surface area contributed by atoms with Crippen LogP contribution >= 0.6 is 7.82 Å². The molecule has 58 heavy (non-hydrogen) atoms. The van der Waals surface area contributed by atoms with Gasteiger partial charge in [0.25, 0.3) is 0 Å². The molecule has 6 N–H and O–H groups in total. The highest BCUT2D eigenvalue weighted by molar-refractivity contribution is 7.47. The van der Waals surface area contributed by atoms with Gasteiger partial charge in [-0.1, -0.05) is 134 Å². The van der Waals surface area contributed by atoms with Crippen molar-refractivity contribution in [1.29, 1.82) is 0 Å². The van der Waals surface area contributed by atoms with Crippen LogP contribution in [0, 0.1) is 0 Å². The van der Waals surface area contributed by atoms with E-state index in [1.165, 1.54) is 51.4 Å². The van der Waals surface area contributed by atoms with Crippen molar-refractivity contribution >= 4 is 19.8 Å². The van der Waals surface area contributed by atoms with Crippen molar-refractivity contribution in [2.75, 3.05) is 13.2 Å². The van der Waals surface area contributed by atoms with E-state index in [1.807, 2.05) is 0 Å². The monoisotopic (exact) mass is 847 g/mol. The second kappa shape index (κ2) is 34.7. The van der Waals surface area contributed by atoms with E-state index in [9.17, 15) is 44.6 Å². The maximum Gasteiger partial charge on any atom is 0.472 e. The first kappa shape index (κ1) is 54.1. The maximum absolute atomic E-state index is 12.8. The van der Waals surface area contributed by atoms with Gasteiger partial charge in [0.05, 0.1) is 6.61 Å². The Hall–Kier alpha value is -1.93. The number of carbonyl (C=O) groups is 2. The number of carbonyl (C=O) groups excluding carboxylic acids is 2. The average Bonchev–Trinajstić information content (AvgIpc) is 3.20. The Morgan fingerprint density at radius 3 is 1.47 bits per heavy atom. The minimum absolute atomic E-state index is 0.0837. The molecule has 8 atom stereocenters.